The van der Waals surface area contributed by atoms with E-state index in [1.54, 1.807) is 12.1 Å². The Hall–Kier alpha value is -3.46. The minimum atomic E-state index is -4.25. The Kier molecular flexibility index (Phi) is 8.68. The van der Waals surface area contributed by atoms with Crippen LogP contribution in [0.15, 0.2) is 47.5 Å². The first-order valence-electron chi connectivity index (χ1n) is 9.82. The van der Waals surface area contributed by atoms with Gasteiger partial charge in [0, 0.05) is 5.69 Å². The van der Waals surface area contributed by atoms with Gasteiger partial charge in [-0.3, -0.25) is 24.9 Å². The van der Waals surface area contributed by atoms with E-state index in [0.717, 1.165) is 18.3 Å². The van der Waals surface area contributed by atoms with E-state index in [1.165, 1.54) is 12.1 Å². The van der Waals surface area contributed by atoms with E-state index < -0.39 is 38.3 Å². The number of nitrogens with zero attached hydrogens (tertiary/aromatic N) is 2. The molecule has 36 heavy (non-hydrogen) atoms. The van der Waals surface area contributed by atoms with Gasteiger partial charge in [-0.25, -0.2) is 18.2 Å². The lowest BCUT2D eigenvalue weighted by molar-refractivity contribution is -0.380. The molecule has 3 rings (SSSR count). The highest BCUT2D eigenvalue weighted by Crippen LogP contribution is 2.31. The number of halogens is 2. The first kappa shape index (κ1) is 27.1. The van der Waals surface area contributed by atoms with Crippen LogP contribution in [0, 0.1) is 10.1 Å². The molecule has 0 spiro atoms. The predicted molar refractivity (Wildman–Crippen MR) is 133 cm³/mol. The smallest absolute Gasteiger partial charge is 0.345 e. The van der Waals surface area contributed by atoms with Gasteiger partial charge in [-0.1, -0.05) is 23.2 Å². The zero-order valence-electron chi connectivity index (χ0n) is 18.2. The molecule has 1 amide bonds. The van der Waals surface area contributed by atoms with Gasteiger partial charge in [-0.15, -0.1) is 0 Å². The number of amides is 1. The van der Waals surface area contributed by atoms with Crippen LogP contribution in [0.3, 0.4) is 0 Å². The number of rotatable bonds is 10. The van der Waals surface area contributed by atoms with E-state index >= 15 is 0 Å². The lowest BCUT2D eigenvalue weighted by Gasteiger charge is -2.13. The molecule has 16 heteroatoms. The van der Waals surface area contributed by atoms with Crippen molar-refractivity contribution >= 4 is 72.3 Å². The quantitative estimate of drug-likeness (QED) is 0.203. The zero-order chi connectivity index (χ0) is 26.5. The molecule has 0 aliphatic carbocycles. The van der Waals surface area contributed by atoms with Crippen molar-refractivity contribution < 1.29 is 32.4 Å². The highest BCUT2D eigenvalue weighted by Gasteiger charge is 2.24. The maximum Gasteiger partial charge on any atom is 0.345 e. The van der Waals surface area contributed by atoms with Gasteiger partial charge in [-0.2, -0.15) is 0 Å². The van der Waals surface area contributed by atoms with Crippen LogP contribution in [0.4, 0.5) is 15.8 Å². The molecule has 0 aliphatic rings. The van der Waals surface area contributed by atoms with Crippen LogP contribution < -0.4 is 14.8 Å². The Balaban J connectivity index is 1.71. The number of benzene rings is 2. The van der Waals surface area contributed by atoms with Crippen LogP contribution >= 0.6 is 34.5 Å². The van der Waals surface area contributed by atoms with Crippen molar-refractivity contribution in [3.8, 4) is 5.75 Å². The van der Waals surface area contributed by atoms with Crippen LogP contribution in [-0.2, 0) is 19.6 Å². The second kappa shape index (κ2) is 11.5. The molecule has 12 nitrogen and oxygen atoms in total. The van der Waals surface area contributed by atoms with Crippen molar-refractivity contribution in [2.75, 3.05) is 23.3 Å². The molecular formula is C20H16Cl2N4O8S2. The summed E-state index contributed by atoms with van der Waals surface area (Å²) in [7, 11) is -4.25. The molecule has 0 radical (unpaired) electrons. The van der Waals surface area contributed by atoms with Crippen molar-refractivity contribution in [2.24, 2.45) is 0 Å². The van der Waals surface area contributed by atoms with Gasteiger partial charge in [-0.05, 0) is 54.7 Å². The van der Waals surface area contributed by atoms with Gasteiger partial charge in [0.1, 0.15) is 16.8 Å². The van der Waals surface area contributed by atoms with Gasteiger partial charge in [0.2, 0.25) is 0 Å². The summed E-state index contributed by atoms with van der Waals surface area (Å²) in [5, 5.41) is 12.1. The number of thiazole rings is 1. The number of sulfonamides is 1. The molecular weight excluding hydrogens is 559 g/mol. The van der Waals surface area contributed by atoms with Crippen molar-refractivity contribution in [3.63, 3.8) is 0 Å². The van der Waals surface area contributed by atoms with E-state index in [1.807, 2.05) is 6.92 Å². The standard InChI is InChI=1S/C20H16Cl2N4O8S2/c1-2-33-12-5-3-11(4-6-12)25-36(31,32)16-7-13(14(21)8-15(16)22)19(28)34-10-17(27)24-20-23-9-18(35-20)26(29)30/h3-9,25H,2,10H2,1H3,(H,23,24,27). The van der Waals surface area contributed by atoms with Crippen molar-refractivity contribution in [1.29, 1.82) is 0 Å². The Morgan fingerprint density at radius 3 is 2.47 bits per heavy atom. The summed E-state index contributed by atoms with van der Waals surface area (Å²) >= 11 is 12.7. The number of carbonyl (C=O) groups is 2. The average molecular weight is 575 g/mol. The normalized spacial score (nSPS) is 11.0. The number of nitro groups is 1. The fraction of sp³-hybridized carbons (Fsp3) is 0.150. The van der Waals surface area contributed by atoms with Crippen LogP contribution in [0.25, 0.3) is 0 Å². The molecule has 1 heterocycles. The minimum absolute atomic E-state index is 0.0685. The number of hydrogen-bond donors (Lipinski definition) is 2. The van der Waals surface area contributed by atoms with Crippen molar-refractivity contribution in [1.82, 2.24) is 4.98 Å². The summed E-state index contributed by atoms with van der Waals surface area (Å²) in [6.07, 6.45) is 0.961. The van der Waals surface area contributed by atoms with E-state index in [2.05, 4.69) is 15.0 Å². The molecule has 0 bridgehead atoms. The van der Waals surface area contributed by atoms with E-state index in [9.17, 15) is 28.1 Å². The minimum Gasteiger partial charge on any atom is -0.494 e. The Morgan fingerprint density at radius 2 is 1.86 bits per heavy atom. The first-order valence-corrected chi connectivity index (χ1v) is 12.9. The molecule has 2 aromatic carbocycles. The van der Waals surface area contributed by atoms with Crippen LogP contribution in [-0.4, -0.2) is 43.4 Å². The number of nitrogens with one attached hydrogen (secondary N) is 2. The predicted octanol–water partition coefficient (Wildman–Crippen LogP) is 4.35. The topological polar surface area (TPSA) is 167 Å². The van der Waals surface area contributed by atoms with Crippen LogP contribution in [0.2, 0.25) is 10.0 Å². The molecule has 2 N–H and O–H groups in total. The average Bonchev–Trinajstić information content (AvgIpc) is 3.27. The molecule has 0 saturated carbocycles. The summed E-state index contributed by atoms with van der Waals surface area (Å²) in [5.74, 6) is -1.38. The monoisotopic (exact) mass is 574 g/mol. The second-order valence-electron chi connectivity index (χ2n) is 6.71. The van der Waals surface area contributed by atoms with Gasteiger partial charge in [0.05, 0.1) is 27.1 Å². The summed E-state index contributed by atoms with van der Waals surface area (Å²) in [4.78, 5) is 37.7. The Bertz CT molecular complexity index is 1410. The third-order valence-corrected chi connectivity index (χ3v) is 7.23. The molecule has 1 aromatic heterocycles. The molecule has 0 fully saturated rings. The van der Waals surface area contributed by atoms with Gasteiger partial charge in [0.15, 0.2) is 11.7 Å². The number of carbonyl (C=O) groups excluding carboxylic acids is 2. The number of ether oxygens (including phenoxy) is 2. The van der Waals surface area contributed by atoms with Gasteiger partial charge < -0.3 is 9.47 Å². The number of anilines is 2. The molecule has 0 aliphatic heterocycles. The number of hydrogen-bond acceptors (Lipinski definition) is 10. The van der Waals surface area contributed by atoms with Crippen LogP contribution in [0.1, 0.15) is 17.3 Å². The van der Waals surface area contributed by atoms with E-state index in [0.29, 0.717) is 23.7 Å². The molecule has 0 saturated heterocycles. The second-order valence-corrected chi connectivity index (χ2v) is 10.2. The molecule has 190 valence electrons. The summed E-state index contributed by atoms with van der Waals surface area (Å²) in [6, 6.07) is 8.09. The van der Waals surface area contributed by atoms with Crippen molar-refractivity contribution in [3.05, 3.63) is 68.3 Å². The lowest BCUT2D eigenvalue weighted by atomic mass is 10.2. The summed E-state index contributed by atoms with van der Waals surface area (Å²) < 4.78 is 38.3. The largest absolute Gasteiger partial charge is 0.494 e. The Labute approximate surface area is 218 Å². The molecule has 0 unspecified atom stereocenters. The first-order chi connectivity index (χ1) is 17.0. The zero-order valence-corrected chi connectivity index (χ0v) is 21.3. The van der Waals surface area contributed by atoms with E-state index in [4.69, 9.17) is 32.7 Å². The number of aromatic nitrogens is 1. The maximum atomic E-state index is 12.9. The highest BCUT2D eigenvalue weighted by molar-refractivity contribution is 7.92. The van der Waals surface area contributed by atoms with Crippen LogP contribution in [0.5, 0.6) is 5.75 Å². The molecule has 0 atom stereocenters. The number of esters is 1. The molecule has 3 aromatic rings. The SMILES string of the molecule is CCOc1ccc(NS(=O)(=O)c2cc(C(=O)OCC(=O)Nc3ncc([N+](=O)[O-])s3)c(Cl)cc2Cl)cc1. The summed E-state index contributed by atoms with van der Waals surface area (Å²) in [5.41, 5.74) is -0.140. The maximum absolute atomic E-state index is 12.9. The summed E-state index contributed by atoms with van der Waals surface area (Å²) in [6.45, 7) is 1.46. The fourth-order valence-corrected chi connectivity index (χ4v) is 5.22. The highest BCUT2D eigenvalue weighted by atomic mass is 35.5. The third-order valence-electron chi connectivity index (χ3n) is 4.20. The van der Waals surface area contributed by atoms with E-state index in [-0.39, 0.29) is 31.4 Å². The Morgan fingerprint density at radius 1 is 1.17 bits per heavy atom. The third kappa shape index (κ3) is 6.81. The fourth-order valence-electron chi connectivity index (χ4n) is 2.66. The van der Waals surface area contributed by atoms with Gasteiger partial charge >= 0.3 is 11.0 Å². The lowest BCUT2D eigenvalue weighted by Crippen LogP contribution is -2.21. The van der Waals surface area contributed by atoms with Gasteiger partial charge in [0.25, 0.3) is 15.9 Å². The van der Waals surface area contributed by atoms with Crippen molar-refractivity contribution in [2.45, 2.75) is 11.8 Å².